The van der Waals surface area contributed by atoms with E-state index in [1.54, 1.807) is 26.0 Å². The third-order valence-corrected chi connectivity index (χ3v) is 5.21. The molecule has 2 aromatic heterocycles. The predicted octanol–water partition coefficient (Wildman–Crippen LogP) is 4.14. The van der Waals surface area contributed by atoms with Gasteiger partial charge in [0.1, 0.15) is 5.69 Å². The van der Waals surface area contributed by atoms with Crippen LogP contribution < -0.4 is 10.7 Å². The fraction of sp³-hybridized carbons (Fsp3) is 0.300. The third kappa shape index (κ3) is 4.44. The number of amides is 1. The summed E-state index contributed by atoms with van der Waals surface area (Å²) in [7, 11) is 0. The number of rotatable bonds is 5. The van der Waals surface area contributed by atoms with Crippen molar-refractivity contribution < 1.29 is 18.0 Å². The molecule has 0 spiro atoms. The van der Waals surface area contributed by atoms with E-state index >= 15 is 0 Å². The van der Waals surface area contributed by atoms with Gasteiger partial charge in [-0.15, -0.1) is 11.3 Å². The molecular formula is C20H19F3N2O2S. The summed E-state index contributed by atoms with van der Waals surface area (Å²) in [6.07, 6.45) is -4.50. The van der Waals surface area contributed by atoms with E-state index < -0.39 is 23.3 Å². The van der Waals surface area contributed by atoms with E-state index in [-0.39, 0.29) is 29.8 Å². The summed E-state index contributed by atoms with van der Waals surface area (Å²) >= 11 is 1.44. The fourth-order valence-corrected chi connectivity index (χ4v) is 3.84. The number of fused-ring (bicyclic) bond motifs is 1. The summed E-state index contributed by atoms with van der Waals surface area (Å²) in [5.74, 6) is -0.260. The van der Waals surface area contributed by atoms with E-state index in [0.29, 0.717) is 6.07 Å². The number of pyridine rings is 1. The van der Waals surface area contributed by atoms with Gasteiger partial charge in [-0.05, 0) is 37.4 Å². The fourth-order valence-electron chi connectivity index (χ4n) is 3.14. The average Bonchev–Trinajstić information content (AvgIpc) is 3.09. The molecule has 0 aliphatic rings. The standard InChI is InChI=1S/C20H19F3N2O2S/c1-12-5-6-16-15(8-12)17(26)10-18(20(21,22)23)25(16)11-13(2)24-19(27)9-14-4-3-7-28-14/h3-8,10,13H,9,11H2,1-2H3,(H,24,27)/t13-/m0/s1. The lowest BCUT2D eigenvalue weighted by Gasteiger charge is -2.22. The number of nitrogens with one attached hydrogen (secondary N) is 1. The average molecular weight is 408 g/mol. The highest BCUT2D eigenvalue weighted by Gasteiger charge is 2.35. The van der Waals surface area contributed by atoms with E-state index in [1.165, 1.54) is 17.4 Å². The summed E-state index contributed by atoms with van der Waals surface area (Å²) in [5, 5.41) is 4.82. The van der Waals surface area contributed by atoms with E-state index in [9.17, 15) is 22.8 Å². The third-order valence-electron chi connectivity index (χ3n) is 4.34. The molecule has 0 saturated heterocycles. The summed E-state index contributed by atoms with van der Waals surface area (Å²) < 4.78 is 41.7. The lowest BCUT2D eigenvalue weighted by molar-refractivity contribution is -0.143. The van der Waals surface area contributed by atoms with Crippen molar-refractivity contribution in [3.8, 4) is 0 Å². The number of halogens is 3. The van der Waals surface area contributed by atoms with Crippen molar-refractivity contribution in [2.24, 2.45) is 0 Å². The van der Waals surface area contributed by atoms with Crippen LogP contribution in [0, 0.1) is 6.92 Å². The van der Waals surface area contributed by atoms with E-state index in [2.05, 4.69) is 5.32 Å². The van der Waals surface area contributed by atoms with Crippen LogP contribution in [0.5, 0.6) is 0 Å². The minimum absolute atomic E-state index is 0.106. The number of carbonyl (C=O) groups excluding carboxylic acids is 1. The largest absolute Gasteiger partial charge is 0.431 e. The summed E-state index contributed by atoms with van der Waals surface area (Å²) in [6, 6.07) is 8.49. The normalized spacial score (nSPS) is 12.9. The first-order valence-corrected chi connectivity index (χ1v) is 9.56. The highest BCUT2D eigenvalue weighted by molar-refractivity contribution is 7.10. The molecular weight excluding hydrogens is 389 g/mol. The molecule has 0 aliphatic heterocycles. The quantitative estimate of drug-likeness (QED) is 0.690. The van der Waals surface area contributed by atoms with Crippen molar-refractivity contribution in [3.05, 3.63) is 68.1 Å². The highest BCUT2D eigenvalue weighted by Crippen LogP contribution is 2.31. The molecule has 0 aliphatic carbocycles. The zero-order valence-electron chi connectivity index (χ0n) is 15.3. The van der Waals surface area contributed by atoms with Crippen molar-refractivity contribution >= 4 is 28.1 Å². The second-order valence-electron chi connectivity index (χ2n) is 6.75. The van der Waals surface area contributed by atoms with Crippen molar-refractivity contribution in [1.82, 2.24) is 9.88 Å². The Bertz CT molecular complexity index is 1060. The molecule has 1 amide bonds. The lowest BCUT2D eigenvalue weighted by Crippen LogP contribution is -2.38. The van der Waals surface area contributed by atoms with Gasteiger partial charge in [-0.25, -0.2) is 0 Å². The first kappa shape index (κ1) is 20.1. The number of nitrogens with zero attached hydrogens (tertiary/aromatic N) is 1. The Morgan fingerprint density at radius 1 is 1.25 bits per heavy atom. The van der Waals surface area contributed by atoms with Crippen LogP contribution in [-0.2, 0) is 23.9 Å². The second kappa shape index (κ2) is 7.79. The summed E-state index contributed by atoms with van der Waals surface area (Å²) in [5.41, 5.74) is -0.706. The molecule has 4 nitrogen and oxygen atoms in total. The molecule has 3 aromatic rings. The second-order valence-corrected chi connectivity index (χ2v) is 7.78. The van der Waals surface area contributed by atoms with Crippen LogP contribution in [0.2, 0.25) is 0 Å². The first-order valence-electron chi connectivity index (χ1n) is 8.68. The minimum atomic E-state index is -4.68. The van der Waals surface area contributed by atoms with E-state index in [0.717, 1.165) is 15.0 Å². The van der Waals surface area contributed by atoms with Crippen LogP contribution in [0.15, 0.2) is 46.6 Å². The molecule has 2 heterocycles. The van der Waals surface area contributed by atoms with Gasteiger partial charge < -0.3 is 9.88 Å². The van der Waals surface area contributed by atoms with Gasteiger partial charge in [-0.2, -0.15) is 13.2 Å². The first-order chi connectivity index (χ1) is 13.1. The molecule has 0 unspecified atom stereocenters. The van der Waals surface area contributed by atoms with Crippen molar-refractivity contribution in [2.75, 3.05) is 0 Å². The van der Waals surface area contributed by atoms with Crippen molar-refractivity contribution in [3.63, 3.8) is 0 Å². The van der Waals surface area contributed by atoms with E-state index in [1.807, 2.05) is 17.5 Å². The smallest absolute Gasteiger partial charge is 0.352 e. The van der Waals surface area contributed by atoms with Gasteiger partial charge in [0.25, 0.3) is 0 Å². The predicted molar refractivity (Wildman–Crippen MR) is 104 cm³/mol. The van der Waals surface area contributed by atoms with Gasteiger partial charge in [-0.1, -0.05) is 17.7 Å². The van der Waals surface area contributed by atoms with Crippen molar-refractivity contribution in [1.29, 1.82) is 0 Å². The Hall–Kier alpha value is -2.61. The molecule has 28 heavy (non-hydrogen) atoms. The zero-order valence-corrected chi connectivity index (χ0v) is 16.2. The molecule has 0 radical (unpaired) electrons. The molecule has 1 aromatic carbocycles. The van der Waals surface area contributed by atoms with E-state index in [4.69, 9.17) is 0 Å². The number of hydrogen-bond donors (Lipinski definition) is 1. The van der Waals surface area contributed by atoms with Gasteiger partial charge in [0.2, 0.25) is 5.91 Å². The molecule has 0 bridgehead atoms. The number of aryl methyl sites for hydroxylation is 1. The Balaban J connectivity index is 1.93. The van der Waals surface area contributed by atoms with Crippen LogP contribution in [0.3, 0.4) is 0 Å². The zero-order chi connectivity index (χ0) is 20.5. The van der Waals surface area contributed by atoms with Gasteiger partial charge in [-0.3, -0.25) is 9.59 Å². The number of hydrogen-bond acceptors (Lipinski definition) is 3. The molecule has 1 N–H and O–H groups in total. The summed E-state index contributed by atoms with van der Waals surface area (Å²) in [6.45, 7) is 3.31. The monoisotopic (exact) mass is 408 g/mol. The molecule has 1 atom stereocenters. The maximum atomic E-state index is 13.6. The molecule has 3 rings (SSSR count). The van der Waals surface area contributed by atoms with Crippen LogP contribution in [0.25, 0.3) is 10.9 Å². The Kier molecular flexibility index (Phi) is 5.60. The number of carbonyl (C=O) groups is 1. The summed E-state index contributed by atoms with van der Waals surface area (Å²) in [4.78, 5) is 25.3. The van der Waals surface area contributed by atoms with Crippen LogP contribution in [0.1, 0.15) is 23.1 Å². The molecule has 0 saturated carbocycles. The molecule has 148 valence electrons. The lowest BCUT2D eigenvalue weighted by atomic mass is 10.1. The van der Waals surface area contributed by atoms with Gasteiger partial charge in [0.15, 0.2) is 5.43 Å². The SMILES string of the molecule is Cc1ccc2c(c1)c(=O)cc(C(F)(F)F)n2C[C@H](C)NC(=O)Cc1cccs1. The van der Waals surface area contributed by atoms with Gasteiger partial charge in [0.05, 0.1) is 11.9 Å². The number of benzene rings is 1. The number of alkyl halides is 3. The van der Waals surface area contributed by atoms with Crippen molar-refractivity contribution in [2.45, 2.75) is 39.0 Å². The molecule has 8 heteroatoms. The number of aromatic nitrogens is 1. The number of thiophene rings is 1. The van der Waals surface area contributed by atoms with Crippen LogP contribution >= 0.6 is 11.3 Å². The maximum Gasteiger partial charge on any atom is 0.431 e. The maximum absolute atomic E-state index is 13.6. The Labute approximate surface area is 163 Å². The Morgan fingerprint density at radius 3 is 2.64 bits per heavy atom. The molecule has 0 fully saturated rings. The minimum Gasteiger partial charge on any atom is -0.352 e. The van der Waals surface area contributed by atoms with Gasteiger partial charge >= 0.3 is 6.18 Å². The Morgan fingerprint density at radius 2 is 2.00 bits per heavy atom. The topological polar surface area (TPSA) is 51.1 Å². The van der Waals surface area contributed by atoms with Gasteiger partial charge in [0, 0.05) is 28.9 Å². The van der Waals surface area contributed by atoms with Crippen LogP contribution in [-0.4, -0.2) is 16.5 Å². The highest BCUT2D eigenvalue weighted by atomic mass is 32.1. The van der Waals surface area contributed by atoms with Crippen LogP contribution in [0.4, 0.5) is 13.2 Å².